The maximum Gasteiger partial charge on any atom is 0.189 e. The standard InChI is InChI=1S/C18H19N3S/c1-19-18(22)21(15-17-11-6-3-7-12-17)20-14-8-13-16-9-4-2-5-10-16/h2-14H,15H2,1H3,(H,19,22). The fourth-order valence-corrected chi connectivity index (χ4v) is 2.00. The smallest absolute Gasteiger partial charge is 0.189 e. The number of hydrogen-bond acceptors (Lipinski definition) is 2. The van der Waals surface area contributed by atoms with Gasteiger partial charge in [-0.15, -0.1) is 0 Å². The van der Waals surface area contributed by atoms with Gasteiger partial charge >= 0.3 is 0 Å². The fraction of sp³-hybridized carbons (Fsp3) is 0.111. The first kappa shape index (κ1) is 15.9. The highest BCUT2D eigenvalue weighted by molar-refractivity contribution is 7.80. The summed E-state index contributed by atoms with van der Waals surface area (Å²) in [5.74, 6) is 0. The van der Waals surface area contributed by atoms with Crippen molar-refractivity contribution < 1.29 is 0 Å². The van der Waals surface area contributed by atoms with Crippen LogP contribution in [0.3, 0.4) is 0 Å². The number of benzene rings is 2. The average Bonchev–Trinajstić information content (AvgIpc) is 2.58. The van der Waals surface area contributed by atoms with Crippen molar-refractivity contribution in [1.82, 2.24) is 10.3 Å². The molecular formula is C18H19N3S. The number of nitrogens with one attached hydrogen (secondary N) is 1. The Kier molecular flexibility index (Phi) is 6.33. The molecule has 0 aromatic heterocycles. The second-order valence-corrected chi connectivity index (χ2v) is 5.02. The third-order valence-electron chi connectivity index (χ3n) is 3.00. The highest BCUT2D eigenvalue weighted by Gasteiger charge is 2.06. The molecule has 112 valence electrons. The van der Waals surface area contributed by atoms with Crippen molar-refractivity contribution in [3.63, 3.8) is 0 Å². The van der Waals surface area contributed by atoms with Crippen molar-refractivity contribution in [1.29, 1.82) is 0 Å². The average molecular weight is 309 g/mol. The summed E-state index contributed by atoms with van der Waals surface area (Å²) in [4.78, 5) is 0. The monoisotopic (exact) mass is 309 g/mol. The zero-order valence-corrected chi connectivity index (χ0v) is 13.3. The highest BCUT2D eigenvalue weighted by Crippen LogP contribution is 2.05. The zero-order valence-electron chi connectivity index (χ0n) is 12.5. The van der Waals surface area contributed by atoms with Crippen LogP contribution in [-0.4, -0.2) is 23.4 Å². The summed E-state index contributed by atoms with van der Waals surface area (Å²) in [5.41, 5.74) is 2.30. The number of thiocarbonyl (C=S) groups is 1. The molecule has 0 bridgehead atoms. The van der Waals surface area contributed by atoms with Crippen LogP contribution in [0.15, 0.2) is 71.8 Å². The lowest BCUT2D eigenvalue weighted by Crippen LogP contribution is -2.33. The van der Waals surface area contributed by atoms with Crippen molar-refractivity contribution in [3.8, 4) is 0 Å². The summed E-state index contributed by atoms with van der Waals surface area (Å²) >= 11 is 5.30. The van der Waals surface area contributed by atoms with Crippen LogP contribution in [0.4, 0.5) is 0 Å². The molecule has 22 heavy (non-hydrogen) atoms. The third kappa shape index (κ3) is 5.14. The lowest BCUT2D eigenvalue weighted by molar-refractivity contribution is 0.437. The molecule has 4 heteroatoms. The van der Waals surface area contributed by atoms with E-state index >= 15 is 0 Å². The van der Waals surface area contributed by atoms with Crippen molar-refractivity contribution in [2.75, 3.05) is 7.05 Å². The molecule has 1 N–H and O–H groups in total. The Balaban J connectivity index is 2.02. The largest absolute Gasteiger partial charge is 0.364 e. The first-order chi connectivity index (χ1) is 10.8. The minimum Gasteiger partial charge on any atom is -0.364 e. The number of nitrogens with zero attached hydrogens (tertiary/aromatic N) is 2. The molecule has 2 aromatic carbocycles. The van der Waals surface area contributed by atoms with E-state index in [1.807, 2.05) is 60.7 Å². The Morgan fingerprint density at radius 2 is 1.73 bits per heavy atom. The molecule has 0 aliphatic heterocycles. The van der Waals surface area contributed by atoms with Gasteiger partial charge in [0, 0.05) is 13.3 Å². The van der Waals surface area contributed by atoms with Crippen LogP contribution in [0.5, 0.6) is 0 Å². The Labute approximate surface area is 137 Å². The van der Waals surface area contributed by atoms with Crippen molar-refractivity contribution in [2.45, 2.75) is 6.54 Å². The van der Waals surface area contributed by atoms with Crippen LogP contribution < -0.4 is 5.32 Å². The molecule has 3 nitrogen and oxygen atoms in total. The van der Waals surface area contributed by atoms with E-state index < -0.39 is 0 Å². The van der Waals surface area contributed by atoms with Crippen LogP contribution >= 0.6 is 12.2 Å². The lowest BCUT2D eigenvalue weighted by atomic mass is 10.2. The Bertz CT molecular complexity index is 636. The minimum atomic E-state index is 0.591. The van der Waals surface area contributed by atoms with E-state index in [-0.39, 0.29) is 0 Å². The van der Waals surface area contributed by atoms with E-state index in [0.29, 0.717) is 11.7 Å². The Morgan fingerprint density at radius 1 is 1.09 bits per heavy atom. The van der Waals surface area contributed by atoms with Crippen LogP contribution in [0.1, 0.15) is 11.1 Å². The molecule has 0 heterocycles. The van der Waals surface area contributed by atoms with E-state index in [0.717, 1.165) is 11.1 Å². The zero-order chi connectivity index (χ0) is 15.6. The molecule has 0 aliphatic carbocycles. The summed E-state index contributed by atoms with van der Waals surface area (Å²) in [6.07, 6.45) is 5.66. The maximum atomic E-state index is 5.30. The van der Waals surface area contributed by atoms with Crippen LogP contribution in [0.2, 0.25) is 0 Å². The summed E-state index contributed by atoms with van der Waals surface area (Å²) < 4.78 is 0. The van der Waals surface area contributed by atoms with Gasteiger partial charge in [-0.2, -0.15) is 5.10 Å². The van der Waals surface area contributed by atoms with Gasteiger partial charge in [-0.3, -0.25) is 0 Å². The van der Waals surface area contributed by atoms with E-state index in [9.17, 15) is 0 Å². The normalized spacial score (nSPS) is 11.0. The third-order valence-corrected chi connectivity index (χ3v) is 3.42. The first-order valence-electron chi connectivity index (χ1n) is 7.08. The lowest BCUT2D eigenvalue weighted by Gasteiger charge is -2.19. The van der Waals surface area contributed by atoms with E-state index in [1.54, 1.807) is 18.3 Å². The molecule has 0 saturated carbocycles. The predicted molar refractivity (Wildman–Crippen MR) is 97.6 cm³/mol. The minimum absolute atomic E-state index is 0.591. The number of allylic oxidation sites excluding steroid dienone is 1. The summed E-state index contributed by atoms with van der Waals surface area (Å²) in [6, 6.07) is 20.2. The molecular weight excluding hydrogens is 290 g/mol. The number of rotatable bonds is 5. The summed E-state index contributed by atoms with van der Waals surface area (Å²) in [7, 11) is 1.80. The van der Waals surface area contributed by atoms with Crippen molar-refractivity contribution >= 4 is 29.6 Å². The first-order valence-corrected chi connectivity index (χ1v) is 7.49. The van der Waals surface area contributed by atoms with Gasteiger partial charge in [0.1, 0.15) is 0 Å². The van der Waals surface area contributed by atoms with Crippen LogP contribution in [0.25, 0.3) is 6.08 Å². The van der Waals surface area contributed by atoms with Crippen LogP contribution in [0, 0.1) is 0 Å². The van der Waals surface area contributed by atoms with Gasteiger partial charge in [0.05, 0.1) is 6.54 Å². The second kappa shape index (κ2) is 8.74. The molecule has 0 fully saturated rings. The molecule has 0 atom stereocenters. The molecule has 2 aromatic rings. The van der Waals surface area contributed by atoms with Gasteiger partial charge in [-0.25, -0.2) is 5.01 Å². The van der Waals surface area contributed by atoms with E-state index in [4.69, 9.17) is 12.2 Å². The van der Waals surface area contributed by atoms with Gasteiger partial charge in [0.15, 0.2) is 5.11 Å². The van der Waals surface area contributed by atoms with Crippen LogP contribution in [-0.2, 0) is 6.54 Å². The molecule has 0 amide bonds. The van der Waals surface area contributed by atoms with Gasteiger partial charge < -0.3 is 5.32 Å². The number of hydrogen-bond donors (Lipinski definition) is 1. The molecule has 0 spiro atoms. The quantitative estimate of drug-likeness (QED) is 0.518. The fourth-order valence-electron chi connectivity index (χ4n) is 1.89. The summed E-state index contributed by atoms with van der Waals surface area (Å²) in [6.45, 7) is 0.635. The van der Waals surface area contributed by atoms with Gasteiger partial charge in [0.25, 0.3) is 0 Å². The van der Waals surface area contributed by atoms with Gasteiger partial charge in [-0.05, 0) is 29.4 Å². The second-order valence-electron chi connectivity index (χ2n) is 4.63. The molecule has 0 radical (unpaired) electrons. The molecule has 0 saturated heterocycles. The predicted octanol–water partition coefficient (Wildman–Crippen LogP) is 3.69. The van der Waals surface area contributed by atoms with Crippen molar-refractivity contribution in [2.24, 2.45) is 5.10 Å². The topological polar surface area (TPSA) is 27.6 Å². The van der Waals surface area contributed by atoms with Gasteiger partial charge in [-0.1, -0.05) is 66.7 Å². The number of hydrazone groups is 1. The molecule has 0 aliphatic rings. The summed E-state index contributed by atoms with van der Waals surface area (Å²) in [5, 5.41) is 9.74. The van der Waals surface area contributed by atoms with E-state index in [2.05, 4.69) is 22.6 Å². The van der Waals surface area contributed by atoms with Gasteiger partial charge in [0.2, 0.25) is 0 Å². The molecule has 0 unspecified atom stereocenters. The van der Waals surface area contributed by atoms with Crippen molar-refractivity contribution in [3.05, 3.63) is 77.9 Å². The Morgan fingerprint density at radius 3 is 2.36 bits per heavy atom. The van der Waals surface area contributed by atoms with E-state index in [1.165, 1.54) is 0 Å². The Hall–Kier alpha value is -2.46. The molecule has 2 rings (SSSR count). The SMILES string of the molecule is CNC(=S)N(Cc1ccccc1)N=CC=Cc1ccccc1. The maximum absolute atomic E-state index is 5.30. The highest BCUT2D eigenvalue weighted by atomic mass is 32.1.